The molecule has 0 radical (unpaired) electrons. The second-order valence-electron chi connectivity index (χ2n) is 12.0. The van der Waals surface area contributed by atoms with E-state index < -0.39 is 0 Å². The fourth-order valence-electron chi connectivity index (χ4n) is 7.58. The van der Waals surface area contributed by atoms with Crippen LogP contribution >= 0.6 is 33.9 Å². The first-order chi connectivity index (χ1) is 17.5. The summed E-state index contributed by atoms with van der Waals surface area (Å²) in [6, 6.07) is 21.0. The predicted octanol–water partition coefficient (Wildman–Crippen LogP) is 10.4. The highest BCUT2D eigenvalue weighted by Crippen LogP contribution is 2.53. The Balaban J connectivity index is 1.38. The van der Waals surface area contributed by atoms with Gasteiger partial charge >= 0.3 is 0 Å². The Kier molecular flexibility index (Phi) is 5.89. The van der Waals surface area contributed by atoms with E-state index in [4.69, 9.17) is 0 Å². The van der Waals surface area contributed by atoms with E-state index in [0.717, 1.165) is 12.1 Å². The number of hydrogen-bond donors (Lipinski definition) is 0. The average Bonchev–Trinajstić information content (AvgIpc) is 3.36. The molecule has 0 spiro atoms. The minimum absolute atomic E-state index is 0.0358. The van der Waals surface area contributed by atoms with Crippen LogP contribution in [0.15, 0.2) is 48.5 Å². The van der Waals surface area contributed by atoms with Crippen molar-refractivity contribution in [3.05, 3.63) is 63.2 Å². The lowest BCUT2D eigenvalue weighted by Crippen LogP contribution is -2.45. The molecule has 1 aromatic heterocycles. The molecule has 2 fully saturated rings. The summed E-state index contributed by atoms with van der Waals surface area (Å²) in [5.74, 6) is 0. The van der Waals surface area contributed by atoms with Gasteiger partial charge in [-0.15, -0.1) is 11.3 Å². The van der Waals surface area contributed by atoms with Crippen LogP contribution in [0.2, 0.25) is 0 Å². The molecule has 1 heterocycles. The molecular formula is C33H36INS. The Morgan fingerprint density at radius 1 is 0.694 bits per heavy atom. The summed E-state index contributed by atoms with van der Waals surface area (Å²) in [7, 11) is 0. The number of nitrogens with zero attached hydrogens (tertiary/aromatic N) is 1. The molecule has 0 unspecified atom stereocenters. The molecule has 3 heteroatoms. The maximum absolute atomic E-state index is 2.91. The summed E-state index contributed by atoms with van der Waals surface area (Å²) < 4.78 is 4.15. The predicted molar refractivity (Wildman–Crippen MR) is 166 cm³/mol. The van der Waals surface area contributed by atoms with Gasteiger partial charge in [0, 0.05) is 46.9 Å². The van der Waals surface area contributed by atoms with Crippen molar-refractivity contribution in [2.24, 2.45) is 0 Å². The first kappa shape index (κ1) is 23.5. The van der Waals surface area contributed by atoms with Gasteiger partial charge in [-0.3, -0.25) is 0 Å². The molecule has 7 rings (SSSR count). The number of benzene rings is 3. The maximum Gasteiger partial charge on any atom is 0.0377 e. The third-order valence-electron chi connectivity index (χ3n) is 9.45. The molecule has 3 aliphatic rings. The molecule has 3 aliphatic carbocycles. The van der Waals surface area contributed by atoms with Crippen LogP contribution in [0.25, 0.3) is 31.3 Å². The lowest BCUT2D eigenvalue weighted by Gasteiger charge is -2.43. The zero-order valence-electron chi connectivity index (χ0n) is 21.6. The molecule has 186 valence electrons. The van der Waals surface area contributed by atoms with E-state index in [9.17, 15) is 0 Å². The Bertz CT molecular complexity index is 1430. The van der Waals surface area contributed by atoms with E-state index in [2.05, 4.69) is 89.9 Å². The normalized spacial score (nSPS) is 20.1. The van der Waals surface area contributed by atoms with Crippen molar-refractivity contribution in [2.75, 3.05) is 4.90 Å². The van der Waals surface area contributed by atoms with Gasteiger partial charge in [-0.25, -0.2) is 0 Å². The minimum Gasteiger partial charge on any atom is -0.366 e. The number of halogens is 1. The van der Waals surface area contributed by atoms with E-state index >= 15 is 0 Å². The Morgan fingerprint density at radius 2 is 1.33 bits per heavy atom. The second-order valence-corrected chi connectivity index (χ2v) is 14.3. The molecule has 0 aliphatic heterocycles. The first-order valence-corrected chi connectivity index (χ1v) is 16.0. The summed E-state index contributed by atoms with van der Waals surface area (Å²) in [5.41, 5.74) is 7.49. The monoisotopic (exact) mass is 605 g/mol. The Morgan fingerprint density at radius 3 is 2.03 bits per heavy atom. The molecule has 0 bridgehead atoms. The van der Waals surface area contributed by atoms with Crippen LogP contribution in [0.3, 0.4) is 0 Å². The molecule has 0 amide bonds. The maximum atomic E-state index is 2.91. The summed E-state index contributed by atoms with van der Waals surface area (Å²) in [6.07, 6.45) is 13.9. The highest BCUT2D eigenvalue weighted by atomic mass is 127. The number of thiophene rings is 1. The van der Waals surface area contributed by atoms with Gasteiger partial charge in [0.2, 0.25) is 0 Å². The molecule has 0 saturated heterocycles. The quantitative estimate of drug-likeness (QED) is 0.210. The highest BCUT2D eigenvalue weighted by molar-refractivity contribution is 14.1. The van der Waals surface area contributed by atoms with Gasteiger partial charge in [-0.2, -0.15) is 0 Å². The standard InChI is InChI=1S/C33H36INS/c1-33(2)29-15-14-24(35(22-9-5-3-6-10-22)23-11-7-4-8-12-23)18-25(29)26-20-32-28(19-30(26)33)27-17-21(34)13-16-31(27)36-32/h13-20,22-23H,3-12H2,1-2H3. The van der Waals surface area contributed by atoms with E-state index in [1.165, 1.54) is 116 Å². The number of anilines is 1. The van der Waals surface area contributed by atoms with Crippen LogP contribution in [0, 0.1) is 3.57 Å². The average molecular weight is 606 g/mol. The summed E-state index contributed by atoms with van der Waals surface area (Å²) in [4.78, 5) is 2.91. The van der Waals surface area contributed by atoms with Crippen LogP contribution in [-0.4, -0.2) is 12.1 Å². The first-order valence-electron chi connectivity index (χ1n) is 14.1. The van der Waals surface area contributed by atoms with Crippen molar-refractivity contribution in [3.8, 4) is 11.1 Å². The molecule has 0 atom stereocenters. The lowest BCUT2D eigenvalue weighted by molar-refractivity contribution is 0.340. The molecule has 2 saturated carbocycles. The van der Waals surface area contributed by atoms with Crippen LogP contribution < -0.4 is 4.90 Å². The van der Waals surface area contributed by atoms with Crippen molar-refractivity contribution in [3.63, 3.8) is 0 Å². The van der Waals surface area contributed by atoms with Gasteiger partial charge < -0.3 is 4.90 Å². The highest BCUT2D eigenvalue weighted by Gasteiger charge is 2.37. The van der Waals surface area contributed by atoms with Gasteiger partial charge in [-0.1, -0.05) is 58.4 Å². The zero-order chi connectivity index (χ0) is 24.4. The Hall–Kier alpha value is -1.59. The fourth-order valence-corrected chi connectivity index (χ4v) is 9.18. The van der Waals surface area contributed by atoms with Crippen molar-refractivity contribution in [2.45, 2.75) is 95.6 Å². The van der Waals surface area contributed by atoms with Gasteiger partial charge in [0.15, 0.2) is 0 Å². The van der Waals surface area contributed by atoms with Crippen molar-refractivity contribution in [1.82, 2.24) is 0 Å². The van der Waals surface area contributed by atoms with Crippen LogP contribution in [-0.2, 0) is 5.41 Å². The zero-order valence-corrected chi connectivity index (χ0v) is 24.6. The van der Waals surface area contributed by atoms with Crippen molar-refractivity contribution in [1.29, 1.82) is 0 Å². The SMILES string of the molecule is CC1(C)c2ccc(N(C3CCCCC3)C3CCCCC3)cc2-c2cc3sc4ccc(I)cc4c3cc21. The second kappa shape index (κ2) is 9.01. The largest absolute Gasteiger partial charge is 0.366 e. The van der Waals surface area contributed by atoms with Crippen molar-refractivity contribution >= 4 is 59.8 Å². The molecule has 36 heavy (non-hydrogen) atoms. The molecule has 1 nitrogen and oxygen atoms in total. The van der Waals surface area contributed by atoms with Gasteiger partial charge in [0.05, 0.1) is 0 Å². The topological polar surface area (TPSA) is 3.24 Å². The van der Waals surface area contributed by atoms with Gasteiger partial charge in [0.25, 0.3) is 0 Å². The molecule has 3 aromatic carbocycles. The van der Waals surface area contributed by atoms with Crippen molar-refractivity contribution < 1.29 is 0 Å². The van der Waals surface area contributed by atoms with E-state index in [1.807, 2.05) is 11.3 Å². The summed E-state index contributed by atoms with van der Waals surface area (Å²) >= 11 is 4.40. The van der Waals surface area contributed by atoms with Gasteiger partial charge in [0.1, 0.15) is 0 Å². The summed E-state index contributed by atoms with van der Waals surface area (Å²) in [6.45, 7) is 4.86. The van der Waals surface area contributed by atoms with E-state index in [0.29, 0.717) is 0 Å². The van der Waals surface area contributed by atoms with Crippen LogP contribution in [0.4, 0.5) is 5.69 Å². The van der Waals surface area contributed by atoms with Gasteiger partial charge in [-0.05, 0) is 113 Å². The number of rotatable bonds is 3. The molecular weight excluding hydrogens is 569 g/mol. The molecule has 0 N–H and O–H groups in total. The fraction of sp³-hybridized carbons (Fsp3) is 0.455. The van der Waals surface area contributed by atoms with Crippen LogP contribution in [0.1, 0.15) is 89.2 Å². The minimum atomic E-state index is 0.0358. The van der Waals surface area contributed by atoms with Crippen LogP contribution in [0.5, 0.6) is 0 Å². The third kappa shape index (κ3) is 3.74. The lowest BCUT2D eigenvalue weighted by atomic mass is 9.82. The van der Waals surface area contributed by atoms with E-state index in [1.54, 1.807) is 0 Å². The summed E-state index contributed by atoms with van der Waals surface area (Å²) in [5, 5.41) is 2.84. The number of fused-ring (bicyclic) bond motifs is 6. The Labute approximate surface area is 233 Å². The van der Waals surface area contributed by atoms with E-state index in [-0.39, 0.29) is 5.41 Å². The number of hydrogen-bond acceptors (Lipinski definition) is 2. The third-order valence-corrected chi connectivity index (χ3v) is 11.3. The smallest absolute Gasteiger partial charge is 0.0377 e. The molecule has 4 aromatic rings.